The maximum absolute atomic E-state index is 11.2. The molecule has 0 saturated carbocycles. The summed E-state index contributed by atoms with van der Waals surface area (Å²) in [5, 5.41) is 16.0. The molecule has 0 unspecified atom stereocenters. The molecule has 1 saturated heterocycles. The first-order valence-corrected chi connectivity index (χ1v) is 6.96. The van der Waals surface area contributed by atoms with Gasteiger partial charge in [0.1, 0.15) is 11.9 Å². The van der Waals surface area contributed by atoms with E-state index in [4.69, 9.17) is 0 Å². The first-order chi connectivity index (χ1) is 9.70. The van der Waals surface area contributed by atoms with Crippen molar-refractivity contribution in [3.8, 4) is 0 Å². The number of fused-ring (bicyclic) bond motifs is 1. The average Bonchev–Trinajstić information content (AvgIpc) is 2.85. The topological polar surface area (TPSA) is 77.1 Å². The van der Waals surface area contributed by atoms with Crippen LogP contribution in [-0.2, 0) is 6.54 Å². The van der Waals surface area contributed by atoms with Crippen LogP contribution in [0.1, 0.15) is 26.2 Å². The predicted octanol–water partition coefficient (Wildman–Crippen LogP) is 2.35. The summed E-state index contributed by atoms with van der Waals surface area (Å²) in [4.78, 5) is 17.4. The van der Waals surface area contributed by atoms with E-state index in [0.29, 0.717) is 17.6 Å². The van der Waals surface area contributed by atoms with E-state index in [-0.39, 0.29) is 10.7 Å². The summed E-state index contributed by atoms with van der Waals surface area (Å²) in [6.07, 6.45) is 5.34. The average molecular weight is 275 g/mol. The van der Waals surface area contributed by atoms with Crippen molar-refractivity contribution < 1.29 is 4.92 Å². The van der Waals surface area contributed by atoms with Gasteiger partial charge in [0.15, 0.2) is 0 Å². The minimum atomic E-state index is -0.375. The summed E-state index contributed by atoms with van der Waals surface area (Å²) in [6, 6.07) is 1.85. The summed E-state index contributed by atoms with van der Waals surface area (Å²) in [6.45, 7) is 4.28. The molecule has 0 aliphatic carbocycles. The van der Waals surface area contributed by atoms with Crippen molar-refractivity contribution in [2.75, 3.05) is 18.0 Å². The summed E-state index contributed by atoms with van der Waals surface area (Å²) in [7, 11) is 0. The van der Waals surface area contributed by atoms with Gasteiger partial charge in [0.05, 0.1) is 11.9 Å². The Morgan fingerprint density at radius 3 is 2.75 bits per heavy atom. The maximum Gasteiger partial charge on any atom is 0.354 e. The van der Waals surface area contributed by atoms with Gasteiger partial charge in [0.2, 0.25) is 5.65 Å². The third-order valence-corrected chi connectivity index (χ3v) is 3.75. The Kier molecular flexibility index (Phi) is 3.25. The molecule has 1 fully saturated rings. The molecule has 3 rings (SSSR count). The molecule has 20 heavy (non-hydrogen) atoms. The highest BCUT2D eigenvalue weighted by atomic mass is 16.6. The van der Waals surface area contributed by atoms with Gasteiger partial charge >= 0.3 is 5.82 Å². The highest BCUT2D eigenvalue weighted by Crippen LogP contribution is 2.29. The van der Waals surface area contributed by atoms with Gasteiger partial charge in [-0.3, -0.25) is 0 Å². The second-order valence-electron chi connectivity index (χ2n) is 5.01. The lowest BCUT2D eigenvalue weighted by atomic mass is 10.1. The van der Waals surface area contributed by atoms with Crippen molar-refractivity contribution in [2.45, 2.75) is 32.7 Å². The Labute approximate surface area is 116 Å². The van der Waals surface area contributed by atoms with Crippen LogP contribution in [0, 0.1) is 10.1 Å². The number of anilines is 1. The normalized spacial score (nSPS) is 15.8. The number of hydrogen-bond donors (Lipinski definition) is 0. The molecule has 2 aromatic rings. The van der Waals surface area contributed by atoms with Crippen molar-refractivity contribution in [1.29, 1.82) is 0 Å². The molecule has 0 amide bonds. The first-order valence-electron chi connectivity index (χ1n) is 6.96. The Balaban J connectivity index is 2.09. The quantitative estimate of drug-likeness (QED) is 0.634. The molecule has 106 valence electrons. The van der Waals surface area contributed by atoms with Gasteiger partial charge in [0.25, 0.3) is 0 Å². The predicted molar refractivity (Wildman–Crippen MR) is 75.9 cm³/mol. The lowest BCUT2D eigenvalue weighted by Crippen LogP contribution is -2.29. The Morgan fingerprint density at radius 1 is 1.35 bits per heavy atom. The van der Waals surface area contributed by atoms with Crippen LogP contribution in [0.3, 0.4) is 0 Å². The highest BCUT2D eigenvalue weighted by molar-refractivity contribution is 5.86. The largest absolute Gasteiger partial charge is 0.370 e. The van der Waals surface area contributed by atoms with Crippen LogP contribution >= 0.6 is 0 Å². The van der Waals surface area contributed by atoms with E-state index < -0.39 is 0 Å². The minimum Gasteiger partial charge on any atom is -0.370 e. The van der Waals surface area contributed by atoms with Crippen molar-refractivity contribution in [3.05, 3.63) is 22.4 Å². The maximum atomic E-state index is 11.2. The molecular weight excluding hydrogens is 258 g/mol. The zero-order valence-electron chi connectivity index (χ0n) is 11.4. The molecule has 1 aliphatic rings. The fraction of sp³-hybridized carbons (Fsp3) is 0.538. The van der Waals surface area contributed by atoms with Crippen LogP contribution in [0.4, 0.5) is 11.5 Å². The summed E-state index contributed by atoms with van der Waals surface area (Å²) >= 11 is 0. The standard InChI is InChI=1S/C13H17N5O2/c1-2-17-13(18(19)20)11-8-10(9-14-12(11)15-17)16-6-4-3-5-7-16/h8-9H,2-7H2,1H3. The van der Waals surface area contributed by atoms with Gasteiger partial charge in [-0.25, -0.2) is 4.98 Å². The molecule has 7 heteroatoms. The van der Waals surface area contributed by atoms with E-state index in [1.165, 1.54) is 11.1 Å². The molecule has 0 aromatic carbocycles. The number of piperidine rings is 1. The second-order valence-corrected chi connectivity index (χ2v) is 5.01. The molecule has 2 aromatic heterocycles. The van der Waals surface area contributed by atoms with Gasteiger partial charge in [-0.2, -0.15) is 0 Å². The smallest absolute Gasteiger partial charge is 0.354 e. The van der Waals surface area contributed by atoms with Crippen molar-refractivity contribution in [2.24, 2.45) is 0 Å². The molecule has 0 N–H and O–H groups in total. The van der Waals surface area contributed by atoms with Crippen LogP contribution in [0.15, 0.2) is 12.3 Å². The molecule has 7 nitrogen and oxygen atoms in total. The lowest BCUT2D eigenvalue weighted by molar-refractivity contribution is -0.390. The molecule has 0 atom stereocenters. The zero-order chi connectivity index (χ0) is 14.1. The molecule has 0 radical (unpaired) electrons. The number of aromatic nitrogens is 3. The number of nitro groups is 1. The van der Waals surface area contributed by atoms with Gasteiger partial charge in [-0.05, 0) is 37.2 Å². The van der Waals surface area contributed by atoms with Crippen LogP contribution in [-0.4, -0.2) is 32.8 Å². The number of nitrogens with zero attached hydrogens (tertiary/aromatic N) is 5. The summed E-state index contributed by atoms with van der Waals surface area (Å²) < 4.78 is 1.40. The molecular formula is C13H17N5O2. The Morgan fingerprint density at radius 2 is 2.10 bits per heavy atom. The fourth-order valence-electron chi connectivity index (χ4n) is 2.73. The van der Waals surface area contributed by atoms with Crippen molar-refractivity contribution in [3.63, 3.8) is 0 Å². The number of rotatable bonds is 3. The third-order valence-electron chi connectivity index (χ3n) is 3.75. The molecule has 3 heterocycles. The zero-order valence-corrected chi connectivity index (χ0v) is 11.4. The van der Waals surface area contributed by atoms with Crippen LogP contribution in [0.25, 0.3) is 11.0 Å². The molecule has 0 spiro atoms. The number of aryl methyl sites for hydroxylation is 1. The van der Waals surface area contributed by atoms with Crippen LogP contribution in [0.5, 0.6) is 0 Å². The van der Waals surface area contributed by atoms with Gasteiger partial charge in [-0.15, -0.1) is 4.68 Å². The number of pyridine rings is 1. The van der Waals surface area contributed by atoms with Gasteiger partial charge in [0, 0.05) is 13.1 Å². The summed E-state index contributed by atoms with van der Waals surface area (Å²) in [5.74, 6) is 0.0360. The highest BCUT2D eigenvalue weighted by Gasteiger charge is 2.23. The van der Waals surface area contributed by atoms with E-state index in [2.05, 4.69) is 15.0 Å². The van der Waals surface area contributed by atoms with Crippen LogP contribution in [0.2, 0.25) is 0 Å². The Hall–Kier alpha value is -2.18. The summed E-state index contributed by atoms with van der Waals surface area (Å²) in [5.41, 5.74) is 1.40. The van der Waals surface area contributed by atoms with E-state index in [1.54, 1.807) is 6.20 Å². The van der Waals surface area contributed by atoms with E-state index in [9.17, 15) is 10.1 Å². The van der Waals surface area contributed by atoms with E-state index >= 15 is 0 Å². The monoisotopic (exact) mass is 275 g/mol. The van der Waals surface area contributed by atoms with E-state index in [1.807, 2.05) is 13.0 Å². The third kappa shape index (κ3) is 2.09. The van der Waals surface area contributed by atoms with Crippen LogP contribution < -0.4 is 4.90 Å². The number of hydrogen-bond acceptors (Lipinski definition) is 5. The molecule has 0 bridgehead atoms. The minimum absolute atomic E-state index is 0.0360. The van der Waals surface area contributed by atoms with Gasteiger partial charge in [-0.1, -0.05) is 5.10 Å². The lowest BCUT2D eigenvalue weighted by Gasteiger charge is -2.28. The molecule has 1 aliphatic heterocycles. The van der Waals surface area contributed by atoms with Crippen molar-refractivity contribution >= 4 is 22.5 Å². The van der Waals surface area contributed by atoms with Gasteiger partial charge < -0.3 is 15.0 Å². The second kappa shape index (κ2) is 5.07. The fourth-order valence-corrected chi connectivity index (χ4v) is 2.73. The SMILES string of the molecule is CCn1nc2ncc(N3CCCCC3)cc2c1[N+](=O)[O-]. The Bertz CT molecular complexity index is 645. The first kappa shape index (κ1) is 12.8. The van der Waals surface area contributed by atoms with Crippen molar-refractivity contribution in [1.82, 2.24) is 14.8 Å². The van der Waals surface area contributed by atoms with E-state index in [0.717, 1.165) is 31.6 Å².